The fourth-order valence-electron chi connectivity index (χ4n) is 1.54. The lowest BCUT2D eigenvalue weighted by molar-refractivity contribution is 1.10. The van der Waals surface area contributed by atoms with Crippen LogP contribution < -0.4 is 11.1 Å². The number of anilines is 1. The Labute approximate surface area is 77.7 Å². The van der Waals surface area contributed by atoms with Crippen LogP contribution in [0.5, 0.6) is 0 Å². The highest BCUT2D eigenvalue weighted by Gasteiger charge is 2.12. The molecule has 0 unspecified atom stereocenters. The molecular formula is C10H13N3. The SMILES string of the molecule is CCNc1ccc2c(c1)CN=C2N. The van der Waals surface area contributed by atoms with Crippen LogP contribution in [0, 0.1) is 0 Å². The Morgan fingerprint density at radius 2 is 2.38 bits per heavy atom. The molecule has 0 aromatic heterocycles. The Morgan fingerprint density at radius 3 is 3.15 bits per heavy atom. The van der Waals surface area contributed by atoms with Crippen LogP contribution in [0.4, 0.5) is 5.69 Å². The maximum atomic E-state index is 5.70. The van der Waals surface area contributed by atoms with E-state index in [1.165, 1.54) is 5.56 Å². The van der Waals surface area contributed by atoms with Crippen LogP contribution in [0.25, 0.3) is 0 Å². The van der Waals surface area contributed by atoms with E-state index in [4.69, 9.17) is 5.73 Å². The lowest BCUT2D eigenvalue weighted by atomic mass is 10.1. The number of hydrogen-bond donors (Lipinski definition) is 2. The van der Waals surface area contributed by atoms with Gasteiger partial charge in [0.05, 0.1) is 6.54 Å². The Bertz CT molecular complexity index is 355. The van der Waals surface area contributed by atoms with Crippen LogP contribution in [-0.4, -0.2) is 12.4 Å². The van der Waals surface area contributed by atoms with E-state index in [0.717, 1.165) is 24.3 Å². The summed E-state index contributed by atoms with van der Waals surface area (Å²) in [7, 11) is 0. The minimum Gasteiger partial charge on any atom is -0.385 e. The smallest absolute Gasteiger partial charge is 0.126 e. The maximum Gasteiger partial charge on any atom is 0.126 e. The predicted molar refractivity (Wildman–Crippen MR) is 55.0 cm³/mol. The number of aliphatic imine (C=N–C) groups is 1. The van der Waals surface area contributed by atoms with Crippen molar-refractivity contribution in [2.75, 3.05) is 11.9 Å². The molecule has 1 aliphatic heterocycles. The minimum atomic E-state index is 0.665. The molecule has 1 heterocycles. The molecule has 3 N–H and O–H groups in total. The van der Waals surface area contributed by atoms with E-state index >= 15 is 0 Å². The van der Waals surface area contributed by atoms with E-state index in [0.29, 0.717) is 5.84 Å². The number of nitrogens with two attached hydrogens (primary N) is 1. The molecular weight excluding hydrogens is 162 g/mol. The summed E-state index contributed by atoms with van der Waals surface area (Å²) in [6.45, 7) is 3.74. The second-order valence-electron chi connectivity index (χ2n) is 3.10. The minimum absolute atomic E-state index is 0.665. The van der Waals surface area contributed by atoms with Gasteiger partial charge in [-0.25, -0.2) is 0 Å². The third-order valence-corrected chi connectivity index (χ3v) is 2.18. The molecule has 2 rings (SSSR count). The van der Waals surface area contributed by atoms with E-state index in [-0.39, 0.29) is 0 Å². The molecule has 0 spiro atoms. The van der Waals surface area contributed by atoms with E-state index in [1.807, 2.05) is 12.1 Å². The number of amidine groups is 1. The Kier molecular flexibility index (Phi) is 1.93. The molecule has 0 bridgehead atoms. The summed E-state index contributed by atoms with van der Waals surface area (Å²) in [4.78, 5) is 4.17. The van der Waals surface area contributed by atoms with Gasteiger partial charge < -0.3 is 11.1 Å². The maximum absolute atomic E-state index is 5.70. The van der Waals surface area contributed by atoms with Crippen molar-refractivity contribution in [3.8, 4) is 0 Å². The van der Waals surface area contributed by atoms with Gasteiger partial charge in [-0.2, -0.15) is 0 Å². The van der Waals surface area contributed by atoms with Gasteiger partial charge in [0.2, 0.25) is 0 Å². The van der Waals surface area contributed by atoms with Gasteiger partial charge >= 0.3 is 0 Å². The Balaban J connectivity index is 2.32. The van der Waals surface area contributed by atoms with Crippen molar-refractivity contribution in [1.82, 2.24) is 0 Å². The monoisotopic (exact) mass is 175 g/mol. The van der Waals surface area contributed by atoms with Crippen molar-refractivity contribution >= 4 is 11.5 Å². The van der Waals surface area contributed by atoms with Crippen molar-refractivity contribution in [1.29, 1.82) is 0 Å². The molecule has 3 heteroatoms. The normalized spacial score (nSPS) is 13.8. The van der Waals surface area contributed by atoms with Crippen molar-refractivity contribution in [2.24, 2.45) is 10.7 Å². The summed E-state index contributed by atoms with van der Waals surface area (Å²) in [6, 6.07) is 6.18. The Morgan fingerprint density at radius 1 is 1.54 bits per heavy atom. The first-order chi connectivity index (χ1) is 6.31. The van der Waals surface area contributed by atoms with E-state index in [9.17, 15) is 0 Å². The predicted octanol–water partition coefficient (Wildman–Crippen LogP) is 1.34. The summed E-state index contributed by atoms with van der Waals surface area (Å²) in [6.07, 6.45) is 0. The molecule has 1 aromatic carbocycles. The number of nitrogens with zero attached hydrogens (tertiary/aromatic N) is 1. The molecule has 0 saturated carbocycles. The van der Waals surface area contributed by atoms with Crippen molar-refractivity contribution in [3.05, 3.63) is 29.3 Å². The van der Waals surface area contributed by atoms with E-state index in [1.54, 1.807) is 0 Å². The molecule has 0 fully saturated rings. The summed E-state index contributed by atoms with van der Waals surface area (Å²) in [5.74, 6) is 0.665. The molecule has 1 aromatic rings. The van der Waals surface area contributed by atoms with Crippen LogP contribution >= 0.6 is 0 Å². The zero-order valence-corrected chi connectivity index (χ0v) is 7.67. The molecule has 68 valence electrons. The summed E-state index contributed by atoms with van der Waals surface area (Å²) < 4.78 is 0. The summed E-state index contributed by atoms with van der Waals surface area (Å²) in [5, 5.41) is 3.26. The highest BCUT2D eigenvalue weighted by Crippen LogP contribution is 2.20. The molecule has 3 nitrogen and oxygen atoms in total. The summed E-state index contributed by atoms with van der Waals surface area (Å²) in [5.41, 5.74) is 9.15. The average Bonchev–Trinajstić information content (AvgIpc) is 2.48. The molecule has 0 aliphatic carbocycles. The topological polar surface area (TPSA) is 50.4 Å². The first-order valence-corrected chi connectivity index (χ1v) is 4.48. The second-order valence-corrected chi connectivity index (χ2v) is 3.10. The second kappa shape index (κ2) is 3.09. The van der Waals surface area contributed by atoms with Gasteiger partial charge in [-0.1, -0.05) is 0 Å². The highest BCUT2D eigenvalue weighted by molar-refractivity contribution is 6.01. The molecule has 0 radical (unpaired) electrons. The van der Waals surface area contributed by atoms with Crippen molar-refractivity contribution in [2.45, 2.75) is 13.5 Å². The van der Waals surface area contributed by atoms with Gasteiger partial charge in [0.1, 0.15) is 5.84 Å². The van der Waals surface area contributed by atoms with Gasteiger partial charge in [-0.15, -0.1) is 0 Å². The molecule has 1 aliphatic rings. The standard InChI is InChI=1S/C10H13N3/c1-2-12-8-3-4-9-7(5-8)6-13-10(9)11/h3-5,12H,2,6H2,1H3,(H2,11,13). The number of fused-ring (bicyclic) bond motifs is 1. The summed E-state index contributed by atoms with van der Waals surface area (Å²) >= 11 is 0. The quantitative estimate of drug-likeness (QED) is 0.712. The van der Waals surface area contributed by atoms with Crippen molar-refractivity contribution < 1.29 is 0 Å². The number of rotatable bonds is 2. The lowest BCUT2D eigenvalue weighted by Crippen LogP contribution is -2.10. The van der Waals surface area contributed by atoms with Gasteiger partial charge in [-0.05, 0) is 30.7 Å². The fraction of sp³-hybridized carbons (Fsp3) is 0.300. The molecule has 0 atom stereocenters. The van der Waals surface area contributed by atoms with Gasteiger partial charge in [-0.3, -0.25) is 4.99 Å². The fourth-order valence-corrected chi connectivity index (χ4v) is 1.54. The zero-order valence-electron chi connectivity index (χ0n) is 7.67. The third kappa shape index (κ3) is 1.37. The van der Waals surface area contributed by atoms with E-state index < -0.39 is 0 Å². The zero-order chi connectivity index (χ0) is 9.26. The highest BCUT2D eigenvalue weighted by atomic mass is 14.9. The van der Waals surface area contributed by atoms with Crippen LogP contribution in [0.2, 0.25) is 0 Å². The average molecular weight is 175 g/mol. The first kappa shape index (κ1) is 8.10. The number of benzene rings is 1. The third-order valence-electron chi connectivity index (χ3n) is 2.18. The largest absolute Gasteiger partial charge is 0.385 e. The van der Waals surface area contributed by atoms with Gasteiger partial charge in [0, 0.05) is 17.8 Å². The lowest BCUT2D eigenvalue weighted by Gasteiger charge is -2.05. The van der Waals surface area contributed by atoms with Crippen LogP contribution in [0.1, 0.15) is 18.1 Å². The van der Waals surface area contributed by atoms with Gasteiger partial charge in [0.15, 0.2) is 0 Å². The van der Waals surface area contributed by atoms with Gasteiger partial charge in [0.25, 0.3) is 0 Å². The molecule has 0 amide bonds. The van der Waals surface area contributed by atoms with Crippen LogP contribution in [0.3, 0.4) is 0 Å². The van der Waals surface area contributed by atoms with E-state index in [2.05, 4.69) is 23.3 Å². The van der Waals surface area contributed by atoms with Crippen LogP contribution in [-0.2, 0) is 6.54 Å². The van der Waals surface area contributed by atoms with Crippen molar-refractivity contribution in [3.63, 3.8) is 0 Å². The number of nitrogens with one attached hydrogen (secondary N) is 1. The molecule has 13 heavy (non-hydrogen) atoms. The first-order valence-electron chi connectivity index (χ1n) is 4.48. The molecule has 0 saturated heterocycles. The number of hydrogen-bond acceptors (Lipinski definition) is 3. The van der Waals surface area contributed by atoms with Crippen LogP contribution in [0.15, 0.2) is 23.2 Å². The Hall–Kier alpha value is -1.51.